The summed E-state index contributed by atoms with van der Waals surface area (Å²) in [6.45, 7) is 0.481. The Bertz CT molecular complexity index is 1690. The van der Waals surface area contributed by atoms with E-state index < -0.39 is 79.4 Å². The molecule has 0 aliphatic carbocycles. The van der Waals surface area contributed by atoms with Crippen LogP contribution in [0, 0.1) is 0 Å². The van der Waals surface area contributed by atoms with Crippen LogP contribution in [0.1, 0.15) is 35.6 Å². The van der Waals surface area contributed by atoms with Gasteiger partial charge in [-0.05, 0) is 12.1 Å². The van der Waals surface area contributed by atoms with Crippen molar-refractivity contribution >= 4 is 11.8 Å². The van der Waals surface area contributed by atoms with E-state index in [4.69, 9.17) is 42.6 Å². The third-order valence-corrected chi connectivity index (χ3v) is 10.8. The van der Waals surface area contributed by atoms with Gasteiger partial charge in [0, 0.05) is 21.6 Å². The van der Waals surface area contributed by atoms with E-state index >= 15 is 0 Å². The van der Waals surface area contributed by atoms with Crippen molar-refractivity contribution in [2.45, 2.75) is 84.3 Å². The summed E-state index contributed by atoms with van der Waals surface area (Å²) in [5.41, 5.74) is 1.99. The SMILES string of the molecule is O[C@@H]1[C@H]2O[C@@H](c3ccccc3)O[C@@H]3[C@@H](O[C@@H]2O[C@@H]2CO[C@@H](c4ccccc4)O[C@@H]12)[C@@H]1O[C@H](c2ccccc2)OC[C@H]1O[C@H]3Sc1ccccc1. The number of hydrogen-bond acceptors (Lipinski definition) is 11. The van der Waals surface area contributed by atoms with Gasteiger partial charge < -0.3 is 47.7 Å². The molecule has 0 saturated carbocycles. The molecule has 11 heteroatoms. The second-order valence-corrected chi connectivity index (χ2v) is 14.1. The number of aliphatic hydroxyl groups excluding tert-OH is 1. The molecule has 0 radical (unpaired) electrons. The molecule has 0 aromatic heterocycles. The monoisotopic (exact) mass is 698 g/mol. The van der Waals surface area contributed by atoms with Crippen molar-refractivity contribution < 1.29 is 47.7 Å². The number of ether oxygens (including phenoxy) is 9. The molecule has 9 rings (SSSR count). The van der Waals surface area contributed by atoms with Crippen LogP contribution in [-0.2, 0) is 42.6 Å². The van der Waals surface area contributed by atoms with E-state index in [2.05, 4.69) is 0 Å². The van der Waals surface area contributed by atoms with Crippen molar-refractivity contribution in [3.8, 4) is 0 Å². The Morgan fingerprint density at radius 3 is 1.52 bits per heavy atom. The molecule has 5 aliphatic heterocycles. The second kappa shape index (κ2) is 14.5. The van der Waals surface area contributed by atoms with Crippen LogP contribution in [-0.4, -0.2) is 78.9 Å². The van der Waals surface area contributed by atoms with Gasteiger partial charge in [-0.2, -0.15) is 0 Å². The molecule has 4 aromatic rings. The number of thioether (sulfide) groups is 1. The molecule has 10 nitrogen and oxygen atoms in total. The predicted octanol–water partition coefficient (Wildman–Crippen LogP) is 5.69. The van der Waals surface area contributed by atoms with Crippen LogP contribution in [0.25, 0.3) is 0 Å². The van der Waals surface area contributed by atoms with Crippen LogP contribution in [0.3, 0.4) is 0 Å². The average Bonchev–Trinajstić information content (AvgIpc) is 3.17. The van der Waals surface area contributed by atoms with Crippen LogP contribution in [0.15, 0.2) is 126 Å². The van der Waals surface area contributed by atoms with E-state index in [0.717, 1.165) is 21.6 Å². The van der Waals surface area contributed by atoms with Crippen molar-refractivity contribution in [2.75, 3.05) is 13.2 Å². The van der Waals surface area contributed by atoms with Gasteiger partial charge >= 0.3 is 0 Å². The minimum atomic E-state index is -1.13. The summed E-state index contributed by atoms with van der Waals surface area (Å²) in [5.74, 6) is 0. The molecule has 0 spiro atoms. The molecule has 5 saturated heterocycles. The van der Waals surface area contributed by atoms with Gasteiger partial charge in [-0.25, -0.2) is 0 Å². The van der Waals surface area contributed by atoms with Gasteiger partial charge in [0.05, 0.1) is 13.2 Å². The molecule has 5 heterocycles. The number of fused-ring (bicyclic) bond motifs is 5. The molecule has 5 aliphatic rings. The van der Waals surface area contributed by atoms with Crippen molar-refractivity contribution in [3.63, 3.8) is 0 Å². The first-order chi connectivity index (χ1) is 24.7. The lowest BCUT2D eigenvalue weighted by Crippen LogP contribution is -2.68. The third-order valence-electron chi connectivity index (χ3n) is 9.66. The maximum atomic E-state index is 12.0. The summed E-state index contributed by atoms with van der Waals surface area (Å²) in [6, 6.07) is 39.1. The summed E-state index contributed by atoms with van der Waals surface area (Å²) in [4.78, 5) is 1.01. The molecule has 5 fully saturated rings. The largest absolute Gasteiger partial charge is 0.387 e. The quantitative estimate of drug-likeness (QED) is 0.278. The first-order valence-corrected chi connectivity index (χ1v) is 17.9. The average molecular weight is 699 g/mol. The molecule has 50 heavy (non-hydrogen) atoms. The van der Waals surface area contributed by atoms with E-state index in [0.29, 0.717) is 0 Å². The smallest absolute Gasteiger partial charge is 0.187 e. The Balaban J connectivity index is 1.07. The fourth-order valence-electron chi connectivity index (χ4n) is 7.19. The maximum absolute atomic E-state index is 12.0. The number of rotatable bonds is 5. The molecule has 4 aromatic carbocycles. The van der Waals surface area contributed by atoms with Crippen LogP contribution >= 0.6 is 11.8 Å². The summed E-state index contributed by atoms with van der Waals surface area (Å²) in [6.07, 6.45) is -9.08. The first kappa shape index (κ1) is 32.7. The van der Waals surface area contributed by atoms with E-state index in [-0.39, 0.29) is 13.2 Å². The zero-order valence-electron chi connectivity index (χ0n) is 27.0. The fourth-order valence-corrected chi connectivity index (χ4v) is 8.33. The summed E-state index contributed by atoms with van der Waals surface area (Å²) in [5, 5.41) is 12.0. The number of benzene rings is 4. The van der Waals surface area contributed by atoms with Crippen LogP contribution in [0.2, 0.25) is 0 Å². The Hall–Kier alpha value is -3.17. The minimum Gasteiger partial charge on any atom is -0.387 e. The normalized spacial score (nSPS) is 38.3. The Kier molecular flexibility index (Phi) is 9.46. The molecule has 13 atom stereocenters. The zero-order valence-corrected chi connectivity index (χ0v) is 27.8. The van der Waals surface area contributed by atoms with E-state index in [1.165, 1.54) is 11.8 Å². The van der Waals surface area contributed by atoms with Gasteiger partial charge in [0.15, 0.2) is 25.2 Å². The topological polar surface area (TPSA) is 103 Å². The van der Waals surface area contributed by atoms with Crippen LogP contribution in [0.4, 0.5) is 0 Å². The molecule has 0 amide bonds. The fraction of sp³-hybridized carbons (Fsp3) is 0.385. The molecule has 0 unspecified atom stereocenters. The lowest BCUT2D eigenvalue weighted by Gasteiger charge is -2.54. The highest BCUT2D eigenvalue weighted by Gasteiger charge is 2.58. The highest BCUT2D eigenvalue weighted by Crippen LogP contribution is 2.46. The first-order valence-electron chi connectivity index (χ1n) is 17.0. The van der Waals surface area contributed by atoms with E-state index in [1.807, 2.05) is 121 Å². The zero-order chi connectivity index (χ0) is 33.4. The van der Waals surface area contributed by atoms with Gasteiger partial charge in [0.1, 0.15) is 54.3 Å². The van der Waals surface area contributed by atoms with Crippen LogP contribution in [0.5, 0.6) is 0 Å². The summed E-state index contributed by atoms with van der Waals surface area (Å²) < 4.78 is 59.3. The third kappa shape index (κ3) is 6.53. The number of aliphatic hydroxyl groups is 1. The lowest BCUT2D eigenvalue weighted by molar-refractivity contribution is -0.425. The van der Waals surface area contributed by atoms with Crippen molar-refractivity contribution in [1.82, 2.24) is 0 Å². The highest BCUT2D eigenvalue weighted by atomic mass is 32.2. The molecule has 260 valence electrons. The highest BCUT2D eigenvalue weighted by molar-refractivity contribution is 7.99. The van der Waals surface area contributed by atoms with Gasteiger partial charge in [-0.1, -0.05) is 121 Å². The van der Waals surface area contributed by atoms with Gasteiger partial charge in [0.2, 0.25) is 0 Å². The van der Waals surface area contributed by atoms with Gasteiger partial charge in [-0.15, -0.1) is 0 Å². The lowest BCUT2D eigenvalue weighted by atomic mass is 9.95. The summed E-state index contributed by atoms with van der Waals surface area (Å²) in [7, 11) is 0. The Morgan fingerprint density at radius 2 is 0.920 bits per heavy atom. The Labute approximate surface area is 294 Å². The standard InChI is InChI=1S/C39H38O10S/c40-29-30-27(21-41-35(45-30)23-13-5-1-6-14-23)43-38-32(29)47-37(25-17-9-3-10-18-25)49-34-33(48-38)31-28(44-39(34)50-26-19-11-4-12-20-26)22-42-36(46-31)24-15-7-2-8-16-24/h1-20,27-40H,21-22H2/t27-,28-,29+,30-,31-,32-,33+,34-,35-,36-,37-,38+,39+/m1/s1. The van der Waals surface area contributed by atoms with Crippen molar-refractivity contribution in [3.05, 3.63) is 138 Å². The van der Waals surface area contributed by atoms with Crippen molar-refractivity contribution in [2.24, 2.45) is 0 Å². The molecular weight excluding hydrogens is 660 g/mol. The summed E-state index contributed by atoms with van der Waals surface area (Å²) >= 11 is 1.54. The molecular formula is C39H38O10S. The Morgan fingerprint density at radius 1 is 0.440 bits per heavy atom. The second-order valence-electron chi connectivity index (χ2n) is 12.9. The molecule has 1 N–H and O–H groups in total. The number of hydrogen-bond donors (Lipinski definition) is 1. The molecule has 0 bridgehead atoms. The van der Waals surface area contributed by atoms with Crippen LogP contribution < -0.4 is 0 Å². The predicted molar refractivity (Wildman–Crippen MR) is 179 cm³/mol. The van der Waals surface area contributed by atoms with E-state index in [1.54, 1.807) is 0 Å². The van der Waals surface area contributed by atoms with Crippen molar-refractivity contribution in [1.29, 1.82) is 0 Å². The van der Waals surface area contributed by atoms with E-state index in [9.17, 15) is 5.11 Å². The van der Waals surface area contributed by atoms with Gasteiger partial charge in [-0.3, -0.25) is 0 Å². The maximum Gasteiger partial charge on any atom is 0.187 e. The minimum absolute atomic E-state index is 0.197. The van der Waals surface area contributed by atoms with Gasteiger partial charge in [0.25, 0.3) is 0 Å².